The van der Waals surface area contributed by atoms with Crippen LogP contribution < -0.4 is 10.5 Å². The first-order chi connectivity index (χ1) is 10.1. The molecule has 1 aliphatic rings. The molecule has 1 atom stereocenters. The molecule has 4 nitrogen and oxygen atoms in total. The van der Waals surface area contributed by atoms with E-state index in [2.05, 4.69) is 16.9 Å². The number of hydrogen-bond donors (Lipinski definition) is 2. The fourth-order valence-electron chi connectivity index (χ4n) is 2.64. The number of fused-ring (bicyclic) bond motifs is 1. The van der Waals surface area contributed by atoms with E-state index in [0.29, 0.717) is 13.1 Å². The van der Waals surface area contributed by atoms with Crippen molar-refractivity contribution in [1.29, 1.82) is 0 Å². The zero-order valence-corrected chi connectivity index (χ0v) is 12.4. The normalized spacial score (nSPS) is 17.1. The average molecular weight is 302 g/mol. The molecule has 1 aliphatic carbocycles. The largest absolute Gasteiger partial charge is 0.326 e. The lowest BCUT2D eigenvalue weighted by molar-refractivity contribution is 0.552. The Morgan fingerprint density at radius 3 is 2.48 bits per heavy atom. The maximum absolute atomic E-state index is 12.2. The Morgan fingerprint density at radius 2 is 1.81 bits per heavy atom. The van der Waals surface area contributed by atoms with Gasteiger partial charge in [-0.1, -0.05) is 36.4 Å². The molecule has 0 aromatic heterocycles. The van der Waals surface area contributed by atoms with E-state index in [0.717, 1.165) is 12.0 Å². The van der Waals surface area contributed by atoms with Gasteiger partial charge in [0.05, 0.1) is 4.90 Å². The van der Waals surface area contributed by atoms with Crippen molar-refractivity contribution >= 4 is 10.0 Å². The number of benzene rings is 2. The van der Waals surface area contributed by atoms with Gasteiger partial charge in [0.25, 0.3) is 0 Å². The summed E-state index contributed by atoms with van der Waals surface area (Å²) in [5, 5.41) is 0. The van der Waals surface area contributed by atoms with E-state index in [-0.39, 0.29) is 10.8 Å². The fraction of sp³-hybridized carbons (Fsp3) is 0.250. The van der Waals surface area contributed by atoms with Crippen molar-refractivity contribution in [3.63, 3.8) is 0 Å². The summed E-state index contributed by atoms with van der Waals surface area (Å²) in [6.07, 6.45) is 0.935. The van der Waals surface area contributed by atoms with Crippen LogP contribution in [0.3, 0.4) is 0 Å². The highest BCUT2D eigenvalue weighted by atomic mass is 32.2. The fourth-order valence-corrected chi connectivity index (χ4v) is 3.72. The van der Waals surface area contributed by atoms with Crippen LogP contribution in [0.2, 0.25) is 0 Å². The zero-order valence-electron chi connectivity index (χ0n) is 11.6. The van der Waals surface area contributed by atoms with Crippen LogP contribution in [0.1, 0.15) is 22.6 Å². The van der Waals surface area contributed by atoms with Gasteiger partial charge in [0.15, 0.2) is 0 Å². The molecule has 0 aliphatic heterocycles. The van der Waals surface area contributed by atoms with E-state index < -0.39 is 10.0 Å². The summed E-state index contributed by atoms with van der Waals surface area (Å²) in [7, 11) is -3.45. The molecule has 5 heteroatoms. The van der Waals surface area contributed by atoms with Gasteiger partial charge >= 0.3 is 0 Å². The molecule has 1 unspecified atom stereocenters. The Labute approximate surface area is 125 Å². The second-order valence-corrected chi connectivity index (χ2v) is 7.07. The summed E-state index contributed by atoms with van der Waals surface area (Å²) in [5.74, 6) is 0.277. The molecule has 0 bridgehead atoms. The molecular formula is C16H18N2O2S. The predicted molar refractivity (Wildman–Crippen MR) is 82.4 cm³/mol. The van der Waals surface area contributed by atoms with Gasteiger partial charge in [-0.15, -0.1) is 0 Å². The Morgan fingerprint density at radius 1 is 1.10 bits per heavy atom. The summed E-state index contributed by atoms with van der Waals surface area (Å²) in [4.78, 5) is 0.285. The first kappa shape index (κ1) is 14.3. The van der Waals surface area contributed by atoms with Gasteiger partial charge in [0.1, 0.15) is 0 Å². The topological polar surface area (TPSA) is 72.2 Å². The average Bonchev–Trinajstić information content (AvgIpc) is 2.48. The van der Waals surface area contributed by atoms with E-state index >= 15 is 0 Å². The van der Waals surface area contributed by atoms with Gasteiger partial charge in [0, 0.05) is 19.0 Å². The number of nitrogens with one attached hydrogen (secondary N) is 1. The monoisotopic (exact) mass is 302 g/mol. The lowest BCUT2D eigenvalue weighted by Gasteiger charge is -2.30. The standard InChI is InChI=1S/C16H18N2O2S/c17-10-12-5-7-15(8-6-12)21(19,20)18-11-14-9-13-3-1-2-4-16(13)14/h1-8,14,18H,9-11,17H2. The zero-order chi connectivity index (χ0) is 14.9. The van der Waals surface area contributed by atoms with Gasteiger partial charge in [-0.3, -0.25) is 0 Å². The Bertz CT molecular complexity index is 739. The van der Waals surface area contributed by atoms with Gasteiger partial charge in [-0.05, 0) is 35.2 Å². The smallest absolute Gasteiger partial charge is 0.240 e. The Balaban J connectivity index is 1.67. The van der Waals surface area contributed by atoms with Crippen LogP contribution >= 0.6 is 0 Å². The van der Waals surface area contributed by atoms with Crippen LogP contribution in [-0.2, 0) is 23.0 Å². The highest BCUT2D eigenvalue weighted by Crippen LogP contribution is 2.34. The number of rotatable bonds is 5. The summed E-state index contributed by atoms with van der Waals surface area (Å²) in [6, 6.07) is 14.8. The SMILES string of the molecule is NCc1ccc(S(=O)(=O)NCC2Cc3ccccc32)cc1. The Hall–Kier alpha value is -1.69. The minimum atomic E-state index is -3.45. The maximum atomic E-state index is 12.2. The first-order valence-electron chi connectivity index (χ1n) is 6.96. The van der Waals surface area contributed by atoms with Crippen LogP contribution in [0.5, 0.6) is 0 Å². The molecule has 21 heavy (non-hydrogen) atoms. The number of sulfonamides is 1. The number of nitrogens with two attached hydrogens (primary N) is 1. The van der Waals surface area contributed by atoms with E-state index in [1.807, 2.05) is 12.1 Å². The molecule has 0 amide bonds. The molecule has 2 aromatic carbocycles. The minimum absolute atomic E-state index is 0.277. The summed E-state index contributed by atoms with van der Waals surface area (Å²) in [5.41, 5.74) is 8.99. The Kier molecular flexibility index (Phi) is 3.80. The van der Waals surface area contributed by atoms with Crippen LogP contribution in [0, 0.1) is 0 Å². The van der Waals surface area contributed by atoms with E-state index in [1.165, 1.54) is 11.1 Å². The number of hydrogen-bond acceptors (Lipinski definition) is 3. The van der Waals surface area contributed by atoms with Crippen molar-refractivity contribution in [2.45, 2.75) is 23.8 Å². The lowest BCUT2D eigenvalue weighted by atomic mass is 9.78. The van der Waals surface area contributed by atoms with E-state index in [9.17, 15) is 8.42 Å². The van der Waals surface area contributed by atoms with Crippen LogP contribution in [0.25, 0.3) is 0 Å². The molecule has 0 saturated carbocycles. The summed E-state index contributed by atoms with van der Waals surface area (Å²) in [6.45, 7) is 0.852. The lowest BCUT2D eigenvalue weighted by Crippen LogP contribution is -2.33. The molecule has 0 saturated heterocycles. The summed E-state index contributed by atoms with van der Waals surface area (Å²) >= 11 is 0. The molecule has 2 aromatic rings. The molecule has 0 heterocycles. The molecule has 0 spiro atoms. The van der Waals surface area contributed by atoms with Crippen molar-refractivity contribution in [3.8, 4) is 0 Å². The van der Waals surface area contributed by atoms with Crippen molar-refractivity contribution in [2.24, 2.45) is 5.73 Å². The van der Waals surface area contributed by atoms with Gasteiger partial charge in [-0.25, -0.2) is 13.1 Å². The third kappa shape index (κ3) is 2.85. The quantitative estimate of drug-likeness (QED) is 0.884. The van der Waals surface area contributed by atoms with Crippen molar-refractivity contribution < 1.29 is 8.42 Å². The minimum Gasteiger partial charge on any atom is -0.326 e. The molecule has 0 radical (unpaired) electrons. The highest BCUT2D eigenvalue weighted by Gasteiger charge is 2.26. The van der Waals surface area contributed by atoms with Gasteiger partial charge in [-0.2, -0.15) is 0 Å². The van der Waals surface area contributed by atoms with Crippen molar-refractivity contribution in [1.82, 2.24) is 4.72 Å². The van der Waals surface area contributed by atoms with Crippen molar-refractivity contribution in [3.05, 3.63) is 65.2 Å². The third-order valence-corrected chi connectivity index (χ3v) is 5.39. The second-order valence-electron chi connectivity index (χ2n) is 5.30. The molecule has 110 valence electrons. The molecule has 0 fully saturated rings. The van der Waals surface area contributed by atoms with Gasteiger partial charge in [0.2, 0.25) is 10.0 Å². The second kappa shape index (κ2) is 5.60. The predicted octanol–water partition coefficient (Wildman–Crippen LogP) is 1.76. The maximum Gasteiger partial charge on any atom is 0.240 e. The summed E-state index contributed by atoms with van der Waals surface area (Å²) < 4.78 is 27.2. The molecule has 3 rings (SSSR count). The van der Waals surface area contributed by atoms with E-state index in [1.54, 1.807) is 24.3 Å². The van der Waals surface area contributed by atoms with Crippen LogP contribution in [0.4, 0.5) is 0 Å². The highest BCUT2D eigenvalue weighted by molar-refractivity contribution is 7.89. The molecular weight excluding hydrogens is 284 g/mol. The van der Waals surface area contributed by atoms with E-state index in [4.69, 9.17) is 5.73 Å². The van der Waals surface area contributed by atoms with Gasteiger partial charge < -0.3 is 5.73 Å². The van der Waals surface area contributed by atoms with Crippen LogP contribution in [-0.4, -0.2) is 15.0 Å². The third-order valence-electron chi connectivity index (χ3n) is 3.95. The van der Waals surface area contributed by atoms with Crippen LogP contribution in [0.15, 0.2) is 53.4 Å². The van der Waals surface area contributed by atoms with Crippen molar-refractivity contribution in [2.75, 3.05) is 6.54 Å². The molecule has 3 N–H and O–H groups in total. The first-order valence-corrected chi connectivity index (χ1v) is 8.45.